The van der Waals surface area contributed by atoms with Crippen LogP contribution in [0.3, 0.4) is 0 Å². The quantitative estimate of drug-likeness (QED) is 0.243. The van der Waals surface area contributed by atoms with Gasteiger partial charge in [0.15, 0.2) is 0 Å². The summed E-state index contributed by atoms with van der Waals surface area (Å²) in [6, 6.07) is 0. The Bertz CT molecular complexity index is 57.8. The molecule has 0 heterocycles. The van der Waals surface area contributed by atoms with Crippen LogP contribution >= 0.6 is 7.82 Å². The Morgan fingerprint density at radius 1 is 1.14 bits per heavy atom. The Morgan fingerprint density at radius 3 is 1.14 bits per heavy atom. The average molecular weight is 144 g/mol. The van der Waals surface area contributed by atoms with Crippen LogP contribution in [0.15, 0.2) is 0 Å². The molecule has 7 heavy (non-hydrogen) atoms. The largest absolute Gasteiger partial charge is 0.466 e. The van der Waals surface area contributed by atoms with Gasteiger partial charge in [-0.1, -0.05) is 0 Å². The summed E-state index contributed by atoms with van der Waals surface area (Å²) in [6.07, 6.45) is 0. The second kappa shape index (κ2) is 4.55. The summed E-state index contributed by atoms with van der Waals surface area (Å²) in [5.74, 6) is 0. The van der Waals surface area contributed by atoms with Gasteiger partial charge in [0.1, 0.15) is 0 Å². The van der Waals surface area contributed by atoms with Crippen molar-refractivity contribution in [3.05, 3.63) is 0 Å². The zero-order chi connectivity index (χ0) is 4.50. The molecule has 0 aromatic heterocycles. The van der Waals surface area contributed by atoms with Crippen LogP contribution in [-0.4, -0.2) is 34.1 Å². The molecule has 4 nitrogen and oxygen atoms in total. The van der Waals surface area contributed by atoms with E-state index in [2.05, 4.69) is 0 Å². The molecule has 0 aromatic rings. The van der Waals surface area contributed by atoms with Gasteiger partial charge in [0, 0.05) is 0 Å². The molecule has 0 bridgehead atoms. The lowest BCUT2D eigenvalue weighted by atomic mass is 10.8. The fraction of sp³-hybridized carbons (Fsp3) is 0. The standard InChI is InChI=1S/BH3.H3O4P.H4Si/c;1-5(2,3)4;/h1H3;(H3,1,2,3,4);1H4. The Labute approximate surface area is 47.4 Å². The predicted molar refractivity (Wildman–Crippen MR) is 35.5 cm³/mol. The molecule has 0 aliphatic heterocycles. The Kier molecular flexibility index (Phi) is 10.2. The lowest BCUT2D eigenvalue weighted by Gasteiger charge is -1.82. The van der Waals surface area contributed by atoms with Gasteiger partial charge in [0.05, 0.1) is 8.41 Å². The van der Waals surface area contributed by atoms with Crippen molar-refractivity contribution in [2.75, 3.05) is 0 Å². The van der Waals surface area contributed by atoms with Crippen molar-refractivity contribution in [3.63, 3.8) is 0 Å². The lowest BCUT2D eigenvalue weighted by molar-refractivity contribution is 0.275. The Balaban J connectivity index is -0.0000000800. The summed E-state index contributed by atoms with van der Waals surface area (Å²) in [5, 5.41) is 0. The molecule has 0 atom stereocenters. The van der Waals surface area contributed by atoms with Gasteiger partial charge in [-0.25, -0.2) is 4.57 Å². The minimum Gasteiger partial charge on any atom is -0.303 e. The maximum Gasteiger partial charge on any atom is 0.466 e. The van der Waals surface area contributed by atoms with Crippen LogP contribution in [0, 0.1) is 0 Å². The highest BCUT2D eigenvalue weighted by atomic mass is 31.2. The second-order valence-electron chi connectivity index (χ2n) is 0.513. The summed E-state index contributed by atoms with van der Waals surface area (Å²) in [7, 11) is -4.64. The summed E-state index contributed by atoms with van der Waals surface area (Å²) < 4.78 is 8.88. The van der Waals surface area contributed by atoms with E-state index in [1.54, 1.807) is 0 Å². The first-order chi connectivity index (χ1) is 2.00. The predicted octanol–water partition coefficient (Wildman–Crippen LogP) is -3.56. The van der Waals surface area contributed by atoms with Crippen molar-refractivity contribution in [2.24, 2.45) is 0 Å². The van der Waals surface area contributed by atoms with Crippen molar-refractivity contribution in [1.82, 2.24) is 0 Å². The van der Waals surface area contributed by atoms with Gasteiger partial charge in [-0.05, 0) is 11.0 Å². The molecule has 46 valence electrons. The van der Waals surface area contributed by atoms with Crippen LogP contribution in [0.2, 0.25) is 0 Å². The smallest absolute Gasteiger partial charge is 0.303 e. The average Bonchev–Trinajstić information content (AvgIpc) is 0.722. The molecule has 0 radical (unpaired) electrons. The molecule has 0 amide bonds. The van der Waals surface area contributed by atoms with Gasteiger partial charge in [-0.2, -0.15) is 0 Å². The first-order valence-electron chi connectivity index (χ1n) is 0.783. The third-order valence-electron chi connectivity index (χ3n) is 0. The number of hydrogen-bond acceptors (Lipinski definition) is 1. The topological polar surface area (TPSA) is 77.8 Å². The van der Waals surface area contributed by atoms with Crippen molar-refractivity contribution in [3.8, 4) is 0 Å². The van der Waals surface area contributed by atoms with Crippen molar-refractivity contribution in [1.29, 1.82) is 0 Å². The molecule has 0 fully saturated rings. The first kappa shape index (κ1) is 15.7. The molecule has 0 unspecified atom stereocenters. The molecule has 0 aromatic carbocycles. The van der Waals surface area contributed by atoms with E-state index >= 15 is 0 Å². The van der Waals surface area contributed by atoms with E-state index in [0.717, 1.165) is 0 Å². The van der Waals surface area contributed by atoms with E-state index in [1.807, 2.05) is 0 Å². The molecule has 0 saturated carbocycles. The van der Waals surface area contributed by atoms with Crippen molar-refractivity contribution < 1.29 is 19.2 Å². The van der Waals surface area contributed by atoms with Crippen LogP contribution in [-0.2, 0) is 4.57 Å². The summed E-state index contributed by atoms with van der Waals surface area (Å²) in [4.78, 5) is 21.6. The van der Waals surface area contributed by atoms with E-state index in [9.17, 15) is 0 Å². The van der Waals surface area contributed by atoms with Crippen LogP contribution in [0.5, 0.6) is 0 Å². The molecule has 0 saturated heterocycles. The maximum absolute atomic E-state index is 8.88. The van der Waals surface area contributed by atoms with Gasteiger partial charge >= 0.3 is 7.82 Å². The second-order valence-corrected chi connectivity index (χ2v) is 1.54. The van der Waals surface area contributed by atoms with Crippen LogP contribution < -0.4 is 0 Å². The van der Waals surface area contributed by atoms with Crippen LogP contribution in [0.25, 0.3) is 0 Å². The molecular formula is H10BO4PSi. The third kappa shape index (κ3) is 803. The molecular weight excluding hydrogens is 134 g/mol. The monoisotopic (exact) mass is 144 g/mol. The highest BCUT2D eigenvalue weighted by Crippen LogP contribution is 2.25. The van der Waals surface area contributed by atoms with Gasteiger partial charge in [-0.15, -0.1) is 0 Å². The fourth-order valence-electron chi connectivity index (χ4n) is 0. The molecule has 0 aliphatic rings. The van der Waals surface area contributed by atoms with E-state index in [4.69, 9.17) is 19.2 Å². The normalized spacial score (nSPS) is 8.43. The van der Waals surface area contributed by atoms with Gasteiger partial charge in [0.25, 0.3) is 0 Å². The number of hydrogen-bond donors (Lipinski definition) is 3. The summed E-state index contributed by atoms with van der Waals surface area (Å²) in [6.45, 7) is 0. The number of phosphoric acid groups is 1. The van der Waals surface area contributed by atoms with Gasteiger partial charge in [-0.3, -0.25) is 0 Å². The summed E-state index contributed by atoms with van der Waals surface area (Å²) in [5.41, 5.74) is 0. The van der Waals surface area contributed by atoms with Crippen molar-refractivity contribution in [2.45, 2.75) is 0 Å². The molecule has 0 rings (SSSR count). The highest BCUT2D eigenvalue weighted by Gasteiger charge is 2.00. The van der Waals surface area contributed by atoms with Gasteiger partial charge < -0.3 is 14.7 Å². The molecule has 0 spiro atoms. The SMILES string of the molecule is B.O=P(O)(O)O.[SiH4]. The third-order valence-corrected chi connectivity index (χ3v) is 0. The Morgan fingerprint density at radius 2 is 1.14 bits per heavy atom. The Hall–Kier alpha value is 0.392. The van der Waals surface area contributed by atoms with Crippen molar-refractivity contribution >= 4 is 27.2 Å². The highest BCUT2D eigenvalue weighted by molar-refractivity contribution is 7.45. The van der Waals surface area contributed by atoms with Crippen LogP contribution in [0.1, 0.15) is 0 Å². The maximum atomic E-state index is 8.88. The van der Waals surface area contributed by atoms with Crippen LogP contribution in [0.4, 0.5) is 0 Å². The molecule has 7 heteroatoms. The van der Waals surface area contributed by atoms with E-state index < -0.39 is 7.82 Å². The van der Waals surface area contributed by atoms with E-state index in [0.29, 0.717) is 0 Å². The zero-order valence-electron chi connectivity index (χ0n) is 2.20. The lowest BCUT2D eigenvalue weighted by Crippen LogP contribution is -1.66. The molecule has 3 N–H and O–H groups in total. The van der Waals surface area contributed by atoms with Gasteiger partial charge in [0.2, 0.25) is 0 Å². The minimum absolute atomic E-state index is 0. The minimum atomic E-state index is -4.64. The number of rotatable bonds is 0. The summed E-state index contributed by atoms with van der Waals surface area (Å²) >= 11 is 0. The zero-order valence-corrected chi connectivity index (χ0v) is 3.09. The first-order valence-corrected chi connectivity index (χ1v) is 2.35. The fourth-order valence-corrected chi connectivity index (χ4v) is 0. The molecule has 0 aliphatic carbocycles. The van der Waals surface area contributed by atoms with E-state index in [1.165, 1.54) is 0 Å². The van der Waals surface area contributed by atoms with E-state index in [-0.39, 0.29) is 19.4 Å².